The van der Waals surface area contributed by atoms with E-state index in [4.69, 9.17) is 4.74 Å². The van der Waals surface area contributed by atoms with Crippen LogP contribution in [0.15, 0.2) is 46.0 Å². The van der Waals surface area contributed by atoms with Crippen molar-refractivity contribution in [2.75, 3.05) is 14.2 Å². The summed E-state index contributed by atoms with van der Waals surface area (Å²) in [6, 6.07) is 0.0888. The van der Waals surface area contributed by atoms with Gasteiger partial charge in [-0.1, -0.05) is 6.08 Å². The quantitative estimate of drug-likeness (QED) is 0.805. The molecule has 21 heavy (non-hydrogen) atoms. The van der Waals surface area contributed by atoms with Gasteiger partial charge in [-0.05, 0) is 50.3 Å². The average molecular weight is 286 g/mol. The molecule has 0 saturated heterocycles. The number of ether oxygens (including phenoxy) is 1. The highest BCUT2D eigenvalue weighted by Crippen LogP contribution is 2.38. The van der Waals surface area contributed by atoms with Crippen LogP contribution in [0.25, 0.3) is 0 Å². The number of fused-ring (bicyclic) bond motifs is 2. The molecule has 112 valence electrons. The number of carbonyl (C=O) groups excluding carboxylic acids is 1. The monoisotopic (exact) mass is 286 g/mol. The Morgan fingerprint density at radius 1 is 1.33 bits per heavy atom. The molecule has 0 spiro atoms. The summed E-state index contributed by atoms with van der Waals surface area (Å²) in [6.45, 7) is 4.29. The summed E-state index contributed by atoms with van der Waals surface area (Å²) >= 11 is 0. The molecule has 2 heterocycles. The Hall–Kier alpha value is -1.97. The molecule has 0 aromatic carbocycles. The first kappa shape index (κ1) is 14.0. The Balaban J connectivity index is 2.19. The number of nitrogens with zero attached hydrogens (tertiary/aromatic N) is 1. The third kappa shape index (κ3) is 2.19. The minimum Gasteiger partial charge on any atom is -0.491 e. The molecule has 0 aromatic heterocycles. The van der Waals surface area contributed by atoms with Crippen LogP contribution in [0.4, 0.5) is 0 Å². The van der Waals surface area contributed by atoms with E-state index in [0.717, 1.165) is 19.3 Å². The first-order valence-corrected chi connectivity index (χ1v) is 7.45. The van der Waals surface area contributed by atoms with E-state index in [0.29, 0.717) is 5.76 Å². The van der Waals surface area contributed by atoms with Gasteiger partial charge in [0.25, 0.3) is 5.91 Å². The molecule has 1 atom stereocenters. The van der Waals surface area contributed by atoms with Gasteiger partial charge in [-0.3, -0.25) is 4.79 Å². The van der Waals surface area contributed by atoms with Crippen molar-refractivity contribution in [2.24, 2.45) is 0 Å². The largest absolute Gasteiger partial charge is 0.491 e. The third-order valence-electron chi connectivity index (χ3n) is 4.73. The van der Waals surface area contributed by atoms with E-state index in [1.165, 1.54) is 28.1 Å². The van der Waals surface area contributed by atoms with Crippen molar-refractivity contribution >= 4 is 5.91 Å². The molecule has 1 aliphatic carbocycles. The standard InChI is InChI=1S/C17H22N2O2/c1-10-8-12-6-5-7-14-13(16(12)19(3)11(10)2)9-15(21-4)17(20)18-14/h8-9,14H,5-7H2,1-4H3,(H,18,20). The third-order valence-corrected chi connectivity index (χ3v) is 4.73. The molecule has 1 amide bonds. The molecule has 1 unspecified atom stereocenters. The van der Waals surface area contributed by atoms with E-state index in [1.807, 2.05) is 6.08 Å². The first-order chi connectivity index (χ1) is 10.0. The van der Waals surface area contributed by atoms with Crippen molar-refractivity contribution in [3.05, 3.63) is 46.0 Å². The summed E-state index contributed by atoms with van der Waals surface area (Å²) in [5.74, 6) is 0.286. The predicted molar refractivity (Wildman–Crippen MR) is 82.1 cm³/mol. The van der Waals surface area contributed by atoms with Crippen molar-refractivity contribution in [3.63, 3.8) is 0 Å². The van der Waals surface area contributed by atoms with Gasteiger partial charge >= 0.3 is 0 Å². The minimum absolute atomic E-state index is 0.0888. The van der Waals surface area contributed by atoms with Crippen LogP contribution in [0.5, 0.6) is 0 Å². The molecule has 0 radical (unpaired) electrons. The lowest BCUT2D eigenvalue weighted by Gasteiger charge is -2.34. The van der Waals surface area contributed by atoms with Gasteiger partial charge in [-0.15, -0.1) is 0 Å². The van der Waals surface area contributed by atoms with Gasteiger partial charge in [0.2, 0.25) is 0 Å². The lowest BCUT2D eigenvalue weighted by molar-refractivity contribution is -0.121. The maximum Gasteiger partial charge on any atom is 0.286 e. The van der Waals surface area contributed by atoms with Crippen molar-refractivity contribution in [3.8, 4) is 0 Å². The smallest absolute Gasteiger partial charge is 0.286 e. The number of carbonyl (C=O) groups is 1. The van der Waals surface area contributed by atoms with Gasteiger partial charge in [0.15, 0.2) is 5.76 Å². The summed E-state index contributed by atoms with van der Waals surface area (Å²) in [5.41, 5.74) is 6.33. The predicted octanol–water partition coefficient (Wildman–Crippen LogP) is 2.62. The van der Waals surface area contributed by atoms with Gasteiger partial charge in [0, 0.05) is 24.0 Å². The van der Waals surface area contributed by atoms with Crippen LogP contribution in [0.1, 0.15) is 33.1 Å². The lowest BCUT2D eigenvalue weighted by atomic mass is 9.93. The van der Waals surface area contributed by atoms with Gasteiger partial charge < -0.3 is 15.0 Å². The molecule has 0 saturated carbocycles. The highest BCUT2D eigenvalue weighted by molar-refractivity contribution is 5.94. The zero-order valence-electron chi connectivity index (χ0n) is 13.1. The molecule has 0 fully saturated rings. The lowest BCUT2D eigenvalue weighted by Crippen LogP contribution is -2.41. The number of allylic oxidation sites excluding steroid dienone is 4. The highest BCUT2D eigenvalue weighted by atomic mass is 16.5. The second kappa shape index (κ2) is 5.10. The van der Waals surface area contributed by atoms with Gasteiger partial charge in [-0.25, -0.2) is 0 Å². The summed E-state index contributed by atoms with van der Waals surface area (Å²) in [7, 11) is 3.65. The fourth-order valence-corrected chi connectivity index (χ4v) is 3.38. The molecule has 4 heteroatoms. The Labute approximate surface area is 125 Å². The van der Waals surface area contributed by atoms with Crippen LogP contribution < -0.4 is 5.32 Å². The molecular weight excluding hydrogens is 264 g/mol. The van der Waals surface area contributed by atoms with E-state index in [-0.39, 0.29) is 11.9 Å². The van der Waals surface area contributed by atoms with Gasteiger partial charge in [0.05, 0.1) is 13.2 Å². The summed E-state index contributed by atoms with van der Waals surface area (Å²) < 4.78 is 5.22. The van der Waals surface area contributed by atoms with E-state index >= 15 is 0 Å². The van der Waals surface area contributed by atoms with Crippen LogP contribution in [-0.4, -0.2) is 31.0 Å². The number of methoxy groups -OCH3 is 1. The van der Waals surface area contributed by atoms with Crippen LogP contribution >= 0.6 is 0 Å². The Morgan fingerprint density at radius 2 is 2.10 bits per heavy atom. The second-order valence-electron chi connectivity index (χ2n) is 5.93. The second-order valence-corrected chi connectivity index (χ2v) is 5.93. The molecule has 1 N–H and O–H groups in total. The molecule has 0 aromatic rings. The SMILES string of the molecule is COC1=CC2=C3C(=CC(C)=C(C)N3C)CCCC2NC1=O. The minimum atomic E-state index is -0.110. The van der Waals surface area contributed by atoms with Crippen LogP contribution in [0.3, 0.4) is 0 Å². The number of amides is 1. The molecule has 2 aliphatic heterocycles. The zero-order chi connectivity index (χ0) is 15.1. The normalized spacial score (nSPS) is 25.6. The number of likely N-dealkylation sites (N-methyl/N-ethyl adjacent to an activating group) is 1. The maximum absolute atomic E-state index is 12.0. The van der Waals surface area contributed by atoms with E-state index in [2.05, 4.69) is 37.2 Å². The summed E-state index contributed by atoms with van der Waals surface area (Å²) in [6.07, 6.45) is 7.32. The summed E-state index contributed by atoms with van der Waals surface area (Å²) in [4.78, 5) is 14.2. The zero-order valence-corrected chi connectivity index (χ0v) is 13.1. The Kier molecular flexibility index (Phi) is 3.40. The fourth-order valence-electron chi connectivity index (χ4n) is 3.38. The highest BCUT2D eigenvalue weighted by Gasteiger charge is 2.33. The number of rotatable bonds is 1. The van der Waals surface area contributed by atoms with Gasteiger partial charge in [0.1, 0.15) is 0 Å². The van der Waals surface area contributed by atoms with Crippen molar-refractivity contribution in [2.45, 2.75) is 39.2 Å². The number of hydrogen-bond acceptors (Lipinski definition) is 3. The number of nitrogens with one attached hydrogen (secondary N) is 1. The molecule has 4 nitrogen and oxygen atoms in total. The molecule has 3 rings (SSSR count). The topological polar surface area (TPSA) is 41.6 Å². The Bertz CT molecular complexity index is 623. The molecule has 3 aliphatic rings. The number of hydrogen-bond donors (Lipinski definition) is 1. The maximum atomic E-state index is 12.0. The van der Waals surface area contributed by atoms with Gasteiger partial charge in [-0.2, -0.15) is 0 Å². The fraction of sp³-hybridized carbons (Fsp3) is 0.471. The molecular formula is C17H22N2O2. The average Bonchev–Trinajstić information content (AvgIpc) is 2.62. The van der Waals surface area contributed by atoms with Crippen LogP contribution in [0, 0.1) is 0 Å². The van der Waals surface area contributed by atoms with Crippen molar-refractivity contribution < 1.29 is 9.53 Å². The van der Waals surface area contributed by atoms with Crippen molar-refractivity contribution in [1.29, 1.82) is 0 Å². The van der Waals surface area contributed by atoms with E-state index in [9.17, 15) is 4.79 Å². The first-order valence-electron chi connectivity index (χ1n) is 7.45. The van der Waals surface area contributed by atoms with E-state index < -0.39 is 0 Å². The van der Waals surface area contributed by atoms with Crippen LogP contribution in [0.2, 0.25) is 0 Å². The van der Waals surface area contributed by atoms with E-state index in [1.54, 1.807) is 7.11 Å². The Morgan fingerprint density at radius 3 is 2.81 bits per heavy atom. The molecule has 0 bridgehead atoms. The summed E-state index contributed by atoms with van der Waals surface area (Å²) in [5, 5.41) is 3.08. The van der Waals surface area contributed by atoms with Crippen molar-refractivity contribution in [1.82, 2.24) is 10.2 Å². The van der Waals surface area contributed by atoms with Crippen LogP contribution in [-0.2, 0) is 9.53 Å².